The number of halogens is 1. The third-order valence-electron chi connectivity index (χ3n) is 5.63. The second-order valence-corrected chi connectivity index (χ2v) is 7.88. The number of pyridine rings is 1. The van der Waals surface area contributed by atoms with Gasteiger partial charge < -0.3 is 5.32 Å². The van der Waals surface area contributed by atoms with Gasteiger partial charge in [-0.25, -0.2) is 14.4 Å². The van der Waals surface area contributed by atoms with Gasteiger partial charge >= 0.3 is 0 Å². The highest BCUT2D eigenvalue weighted by atomic mass is 19.1. The van der Waals surface area contributed by atoms with Crippen LogP contribution in [0.3, 0.4) is 0 Å². The van der Waals surface area contributed by atoms with E-state index in [0.717, 1.165) is 43.7 Å². The zero-order valence-electron chi connectivity index (χ0n) is 17.6. The number of carbonyl (C=O) groups is 1. The fraction of sp³-hybridized carbons (Fsp3) is 0.333. The van der Waals surface area contributed by atoms with Gasteiger partial charge in [0, 0.05) is 31.7 Å². The van der Waals surface area contributed by atoms with Crippen LogP contribution in [0.2, 0.25) is 0 Å². The van der Waals surface area contributed by atoms with Crippen LogP contribution in [-0.4, -0.2) is 32.3 Å². The quantitative estimate of drug-likeness (QED) is 0.655. The van der Waals surface area contributed by atoms with E-state index in [1.807, 2.05) is 19.2 Å². The van der Waals surface area contributed by atoms with Crippen molar-refractivity contribution < 1.29 is 9.18 Å². The molecular formula is C24H26FN5O. The Labute approximate surface area is 181 Å². The Morgan fingerprint density at radius 2 is 2.00 bits per heavy atom. The maximum absolute atomic E-state index is 13.0. The molecule has 1 saturated heterocycles. The van der Waals surface area contributed by atoms with Crippen molar-refractivity contribution in [2.75, 3.05) is 6.54 Å². The van der Waals surface area contributed by atoms with E-state index in [9.17, 15) is 9.18 Å². The molecule has 160 valence electrons. The summed E-state index contributed by atoms with van der Waals surface area (Å²) in [5.41, 5.74) is 3.12. The van der Waals surface area contributed by atoms with E-state index in [1.54, 1.807) is 24.5 Å². The van der Waals surface area contributed by atoms with Crippen LogP contribution in [0, 0.1) is 12.7 Å². The lowest BCUT2D eigenvalue weighted by atomic mass is 10.0. The minimum atomic E-state index is -0.296. The molecule has 1 aliphatic rings. The van der Waals surface area contributed by atoms with E-state index in [0.29, 0.717) is 17.8 Å². The van der Waals surface area contributed by atoms with Gasteiger partial charge in [0.25, 0.3) is 5.91 Å². The summed E-state index contributed by atoms with van der Waals surface area (Å²) >= 11 is 0. The fourth-order valence-corrected chi connectivity index (χ4v) is 3.95. The van der Waals surface area contributed by atoms with E-state index in [4.69, 9.17) is 4.98 Å². The average Bonchev–Trinajstić information content (AvgIpc) is 2.79. The summed E-state index contributed by atoms with van der Waals surface area (Å²) in [6.45, 7) is 3.96. The summed E-state index contributed by atoms with van der Waals surface area (Å²) in [6, 6.07) is 10.2. The molecule has 4 rings (SSSR count). The lowest BCUT2D eigenvalue weighted by molar-refractivity contribution is 0.0948. The van der Waals surface area contributed by atoms with Gasteiger partial charge in [-0.05, 0) is 55.6 Å². The lowest BCUT2D eigenvalue weighted by Crippen LogP contribution is -2.34. The Balaban J connectivity index is 1.45. The van der Waals surface area contributed by atoms with Crippen molar-refractivity contribution in [1.29, 1.82) is 0 Å². The number of carbonyl (C=O) groups excluding carboxylic acids is 1. The molecule has 1 unspecified atom stereocenters. The minimum absolute atomic E-state index is 0.129. The molecule has 6 nitrogen and oxygen atoms in total. The first kappa shape index (κ1) is 21.1. The second-order valence-electron chi connectivity index (χ2n) is 7.88. The monoisotopic (exact) mass is 419 g/mol. The van der Waals surface area contributed by atoms with Gasteiger partial charge in [-0.2, -0.15) is 0 Å². The van der Waals surface area contributed by atoms with Gasteiger partial charge in [-0.15, -0.1) is 0 Å². The predicted molar refractivity (Wildman–Crippen MR) is 116 cm³/mol. The van der Waals surface area contributed by atoms with E-state index in [2.05, 4.69) is 26.3 Å². The first-order valence-corrected chi connectivity index (χ1v) is 10.6. The number of rotatable bonds is 6. The largest absolute Gasteiger partial charge is 0.348 e. The highest BCUT2D eigenvalue weighted by Gasteiger charge is 2.27. The number of aromatic nitrogens is 3. The van der Waals surface area contributed by atoms with Crippen molar-refractivity contribution in [2.24, 2.45) is 0 Å². The van der Waals surface area contributed by atoms with Crippen LogP contribution >= 0.6 is 0 Å². The van der Waals surface area contributed by atoms with Gasteiger partial charge in [0.2, 0.25) is 0 Å². The first-order valence-electron chi connectivity index (χ1n) is 10.6. The number of likely N-dealkylation sites (tertiary alicyclic amines) is 1. The Kier molecular flexibility index (Phi) is 6.62. The molecule has 31 heavy (non-hydrogen) atoms. The third-order valence-corrected chi connectivity index (χ3v) is 5.63. The Morgan fingerprint density at radius 1 is 1.16 bits per heavy atom. The number of nitrogens with zero attached hydrogens (tertiary/aromatic N) is 4. The van der Waals surface area contributed by atoms with Gasteiger partial charge in [-0.1, -0.05) is 24.6 Å². The normalized spacial score (nSPS) is 16.8. The van der Waals surface area contributed by atoms with Crippen LogP contribution in [0.4, 0.5) is 4.39 Å². The molecule has 1 N–H and O–H groups in total. The van der Waals surface area contributed by atoms with Crippen molar-refractivity contribution in [1.82, 2.24) is 25.2 Å². The van der Waals surface area contributed by atoms with Crippen molar-refractivity contribution in [3.8, 4) is 0 Å². The smallest absolute Gasteiger partial charge is 0.254 e. The fourth-order valence-electron chi connectivity index (χ4n) is 3.95. The SMILES string of the molecule is Cc1nc(C2CCCCN2Cc2cccnc2)ncc1C(=O)NCc1ccc(F)cc1. The third kappa shape index (κ3) is 5.30. The van der Waals surface area contributed by atoms with E-state index < -0.39 is 0 Å². The van der Waals surface area contributed by atoms with Gasteiger partial charge in [-0.3, -0.25) is 14.7 Å². The molecule has 0 radical (unpaired) electrons. The van der Waals surface area contributed by atoms with E-state index in [-0.39, 0.29) is 17.8 Å². The number of hydrogen-bond donors (Lipinski definition) is 1. The summed E-state index contributed by atoms with van der Waals surface area (Å²) in [5, 5.41) is 2.86. The Hall–Kier alpha value is -3.19. The number of benzene rings is 1. The van der Waals surface area contributed by atoms with Crippen molar-refractivity contribution in [3.05, 3.63) is 89.0 Å². The van der Waals surface area contributed by atoms with Crippen LogP contribution in [0.5, 0.6) is 0 Å². The van der Waals surface area contributed by atoms with Crippen LogP contribution in [0.25, 0.3) is 0 Å². The molecule has 0 spiro atoms. The summed E-state index contributed by atoms with van der Waals surface area (Å²) < 4.78 is 13.0. The van der Waals surface area contributed by atoms with Crippen molar-refractivity contribution in [3.63, 3.8) is 0 Å². The van der Waals surface area contributed by atoms with E-state index >= 15 is 0 Å². The van der Waals surface area contributed by atoms with Crippen molar-refractivity contribution in [2.45, 2.75) is 45.3 Å². The number of amides is 1. The molecule has 1 aliphatic heterocycles. The molecule has 0 aliphatic carbocycles. The summed E-state index contributed by atoms with van der Waals surface area (Å²) in [6.07, 6.45) is 8.58. The Bertz CT molecular complexity index is 1030. The van der Waals surface area contributed by atoms with Crippen LogP contribution in [0.1, 0.15) is 58.3 Å². The second kappa shape index (κ2) is 9.75. The zero-order valence-corrected chi connectivity index (χ0v) is 17.6. The maximum Gasteiger partial charge on any atom is 0.254 e. The number of nitrogens with one attached hydrogen (secondary N) is 1. The van der Waals surface area contributed by atoms with Crippen LogP contribution < -0.4 is 5.32 Å². The summed E-state index contributed by atoms with van der Waals surface area (Å²) in [5.74, 6) is 0.232. The lowest BCUT2D eigenvalue weighted by Gasteiger charge is -2.34. The molecule has 1 atom stereocenters. The molecule has 2 aromatic heterocycles. The van der Waals surface area contributed by atoms with Crippen molar-refractivity contribution >= 4 is 5.91 Å². The number of hydrogen-bond acceptors (Lipinski definition) is 5. The molecule has 1 amide bonds. The molecule has 0 bridgehead atoms. The van der Waals surface area contributed by atoms with Gasteiger partial charge in [0.05, 0.1) is 17.3 Å². The van der Waals surface area contributed by atoms with Gasteiger partial charge in [0.15, 0.2) is 0 Å². The van der Waals surface area contributed by atoms with E-state index in [1.165, 1.54) is 17.7 Å². The number of piperidine rings is 1. The number of aryl methyl sites for hydroxylation is 1. The topological polar surface area (TPSA) is 71.0 Å². The molecule has 3 aromatic rings. The summed E-state index contributed by atoms with van der Waals surface area (Å²) in [7, 11) is 0. The van der Waals surface area contributed by atoms with Gasteiger partial charge in [0.1, 0.15) is 11.6 Å². The minimum Gasteiger partial charge on any atom is -0.348 e. The summed E-state index contributed by atoms with van der Waals surface area (Å²) in [4.78, 5) is 28.5. The highest BCUT2D eigenvalue weighted by Crippen LogP contribution is 2.30. The average molecular weight is 420 g/mol. The highest BCUT2D eigenvalue weighted by molar-refractivity contribution is 5.94. The van der Waals surface area contributed by atoms with Crippen LogP contribution in [-0.2, 0) is 13.1 Å². The van der Waals surface area contributed by atoms with Crippen LogP contribution in [0.15, 0.2) is 55.0 Å². The molecule has 1 aromatic carbocycles. The molecule has 0 saturated carbocycles. The molecular weight excluding hydrogens is 393 g/mol. The maximum atomic E-state index is 13.0. The first-order chi connectivity index (χ1) is 15.1. The molecule has 3 heterocycles. The predicted octanol–water partition coefficient (Wildman–Crippen LogP) is 3.98. The molecule has 7 heteroatoms. The Morgan fingerprint density at radius 3 is 2.74 bits per heavy atom. The standard InChI is InChI=1S/C24H26FN5O/c1-17-21(24(31)28-14-18-7-9-20(25)10-8-18)15-27-23(29-17)22-6-2-3-12-30(22)16-19-5-4-11-26-13-19/h4-5,7-11,13,15,22H,2-3,6,12,14,16H2,1H3,(H,28,31). The zero-order chi connectivity index (χ0) is 21.6. The molecule has 1 fully saturated rings.